The van der Waals surface area contributed by atoms with Crippen molar-refractivity contribution in [2.24, 2.45) is 5.92 Å². The Bertz CT molecular complexity index is 853. The first kappa shape index (κ1) is 23.9. The third kappa shape index (κ3) is 7.16. The summed E-state index contributed by atoms with van der Waals surface area (Å²) in [6.07, 6.45) is 3.86. The molecule has 0 bridgehead atoms. The molecule has 0 aromatic heterocycles. The maximum Gasteiger partial charge on any atom is 0.220 e. The predicted octanol–water partition coefficient (Wildman–Crippen LogP) is 4.41. The number of hydrogen-bond donors (Lipinski definition) is 1. The first-order chi connectivity index (χ1) is 15.6. The van der Waals surface area contributed by atoms with Crippen LogP contribution in [-0.2, 0) is 17.9 Å². The van der Waals surface area contributed by atoms with Crippen molar-refractivity contribution in [1.82, 2.24) is 10.2 Å². The number of nitrogens with zero attached hydrogens (tertiary/aromatic N) is 1. The molecule has 3 rings (SSSR count). The van der Waals surface area contributed by atoms with E-state index in [1.807, 2.05) is 37.3 Å². The molecule has 1 N–H and O–H groups in total. The highest BCUT2D eigenvalue weighted by molar-refractivity contribution is 5.75. The summed E-state index contributed by atoms with van der Waals surface area (Å²) in [5.41, 5.74) is 2.25. The van der Waals surface area contributed by atoms with Gasteiger partial charge in [-0.15, -0.1) is 0 Å². The van der Waals surface area contributed by atoms with Crippen LogP contribution in [0.5, 0.6) is 17.2 Å². The Morgan fingerprint density at radius 2 is 1.88 bits per heavy atom. The van der Waals surface area contributed by atoms with Crippen LogP contribution >= 0.6 is 0 Å². The molecular weight excluding hydrogens is 404 g/mol. The van der Waals surface area contributed by atoms with Crippen molar-refractivity contribution >= 4 is 5.91 Å². The highest BCUT2D eigenvalue weighted by Gasteiger charge is 2.21. The molecule has 0 saturated carbocycles. The molecule has 174 valence electrons. The number of methoxy groups -OCH3 is 2. The van der Waals surface area contributed by atoms with Crippen LogP contribution in [0, 0.1) is 5.92 Å². The van der Waals surface area contributed by atoms with E-state index in [0.29, 0.717) is 25.5 Å². The molecule has 2 aromatic rings. The second kappa shape index (κ2) is 12.3. The average molecular weight is 441 g/mol. The number of carbonyl (C=O) groups excluding carboxylic acids is 1. The van der Waals surface area contributed by atoms with Gasteiger partial charge < -0.3 is 19.5 Å². The Balaban J connectivity index is 1.41. The molecule has 1 heterocycles. The van der Waals surface area contributed by atoms with Crippen LogP contribution in [0.3, 0.4) is 0 Å². The summed E-state index contributed by atoms with van der Waals surface area (Å²) in [4.78, 5) is 14.9. The number of carbonyl (C=O) groups is 1. The molecule has 1 amide bonds. The third-order valence-corrected chi connectivity index (χ3v) is 5.99. The van der Waals surface area contributed by atoms with Gasteiger partial charge in [0.1, 0.15) is 17.2 Å². The van der Waals surface area contributed by atoms with Gasteiger partial charge in [-0.3, -0.25) is 9.69 Å². The number of likely N-dealkylation sites (tertiary alicyclic amines) is 1. The van der Waals surface area contributed by atoms with E-state index in [2.05, 4.69) is 22.3 Å². The van der Waals surface area contributed by atoms with Gasteiger partial charge in [-0.1, -0.05) is 12.1 Å². The number of rotatable bonds is 11. The van der Waals surface area contributed by atoms with Crippen molar-refractivity contribution in [2.45, 2.75) is 45.7 Å². The molecule has 6 nitrogen and oxygen atoms in total. The summed E-state index contributed by atoms with van der Waals surface area (Å²) in [5.74, 6) is 3.04. The lowest BCUT2D eigenvalue weighted by Gasteiger charge is -2.32. The van der Waals surface area contributed by atoms with E-state index in [0.717, 1.165) is 48.9 Å². The minimum atomic E-state index is 0.0894. The van der Waals surface area contributed by atoms with Crippen molar-refractivity contribution < 1.29 is 19.0 Å². The molecule has 1 aliphatic rings. The molecule has 0 aliphatic carbocycles. The minimum absolute atomic E-state index is 0.0894. The van der Waals surface area contributed by atoms with Crippen LogP contribution in [0.2, 0.25) is 0 Å². The van der Waals surface area contributed by atoms with Gasteiger partial charge in [-0.2, -0.15) is 0 Å². The first-order valence-corrected chi connectivity index (χ1v) is 11.5. The van der Waals surface area contributed by atoms with Gasteiger partial charge in [0.25, 0.3) is 0 Å². The van der Waals surface area contributed by atoms with Gasteiger partial charge in [0, 0.05) is 37.7 Å². The zero-order valence-electron chi connectivity index (χ0n) is 19.6. The summed E-state index contributed by atoms with van der Waals surface area (Å²) < 4.78 is 16.2. The average Bonchev–Trinajstić information content (AvgIpc) is 2.83. The van der Waals surface area contributed by atoms with E-state index in [-0.39, 0.29) is 5.91 Å². The van der Waals surface area contributed by atoms with Crippen molar-refractivity contribution in [3.63, 3.8) is 0 Å². The number of amides is 1. The monoisotopic (exact) mass is 440 g/mol. The van der Waals surface area contributed by atoms with Gasteiger partial charge in [0.05, 0.1) is 20.8 Å². The summed E-state index contributed by atoms with van der Waals surface area (Å²) in [6, 6.07) is 14.0. The molecule has 1 saturated heterocycles. The fourth-order valence-electron chi connectivity index (χ4n) is 4.26. The highest BCUT2D eigenvalue weighted by atomic mass is 16.5. The van der Waals surface area contributed by atoms with Gasteiger partial charge in [-0.05, 0) is 68.5 Å². The van der Waals surface area contributed by atoms with Crippen LogP contribution < -0.4 is 19.5 Å². The topological polar surface area (TPSA) is 60.0 Å². The van der Waals surface area contributed by atoms with Crippen LogP contribution in [0.4, 0.5) is 0 Å². The van der Waals surface area contributed by atoms with E-state index in [9.17, 15) is 4.79 Å². The Morgan fingerprint density at radius 3 is 2.59 bits per heavy atom. The van der Waals surface area contributed by atoms with Crippen molar-refractivity contribution in [2.75, 3.05) is 33.9 Å². The smallest absolute Gasteiger partial charge is 0.220 e. The van der Waals surface area contributed by atoms with E-state index >= 15 is 0 Å². The fraction of sp³-hybridized carbons (Fsp3) is 0.500. The maximum absolute atomic E-state index is 12.4. The summed E-state index contributed by atoms with van der Waals surface area (Å²) in [6.45, 7) is 6.26. The SMILES string of the molecule is CCOc1ccc(CN2CCCC(CCC(=O)NCc3ccc(OC)cc3OC)C2)cc1. The predicted molar refractivity (Wildman–Crippen MR) is 126 cm³/mol. The summed E-state index contributed by atoms with van der Waals surface area (Å²) >= 11 is 0. The Kier molecular flexibility index (Phi) is 9.23. The number of benzene rings is 2. The molecule has 6 heteroatoms. The van der Waals surface area contributed by atoms with E-state index in [4.69, 9.17) is 14.2 Å². The Morgan fingerprint density at radius 1 is 1.09 bits per heavy atom. The third-order valence-electron chi connectivity index (χ3n) is 5.99. The molecule has 1 aliphatic heterocycles. The molecule has 1 atom stereocenters. The zero-order chi connectivity index (χ0) is 22.8. The van der Waals surface area contributed by atoms with E-state index in [1.165, 1.54) is 18.4 Å². The van der Waals surface area contributed by atoms with Crippen molar-refractivity contribution in [3.8, 4) is 17.2 Å². The molecule has 32 heavy (non-hydrogen) atoms. The lowest BCUT2D eigenvalue weighted by Crippen LogP contribution is -2.35. The lowest BCUT2D eigenvalue weighted by molar-refractivity contribution is -0.121. The molecule has 2 aromatic carbocycles. The van der Waals surface area contributed by atoms with Crippen LogP contribution in [0.15, 0.2) is 42.5 Å². The quantitative estimate of drug-likeness (QED) is 0.561. The van der Waals surface area contributed by atoms with E-state index in [1.54, 1.807) is 14.2 Å². The molecule has 1 unspecified atom stereocenters. The Hall–Kier alpha value is -2.73. The summed E-state index contributed by atoms with van der Waals surface area (Å²) in [7, 11) is 3.25. The second-order valence-corrected chi connectivity index (χ2v) is 8.31. The van der Waals surface area contributed by atoms with Crippen LogP contribution in [0.1, 0.15) is 43.7 Å². The maximum atomic E-state index is 12.4. The standard InChI is InChI=1S/C26H36N2O4/c1-4-32-23-11-7-21(8-12-23)19-28-15-5-6-20(18-28)9-14-26(29)27-17-22-10-13-24(30-2)16-25(22)31-3/h7-8,10-13,16,20H,4-6,9,14-15,17-19H2,1-3H3,(H,27,29). The molecular formula is C26H36N2O4. The van der Waals surface area contributed by atoms with Gasteiger partial charge in [0.15, 0.2) is 0 Å². The van der Waals surface area contributed by atoms with Gasteiger partial charge in [-0.25, -0.2) is 0 Å². The van der Waals surface area contributed by atoms with Crippen molar-refractivity contribution in [3.05, 3.63) is 53.6 Å². The number of ether oxygens (including phenoxy) is 3. The first-order valence-electron chi connectivity index (χ1n) is 11.5. The summed E-state index contributed by atoms with van der Waals surface area (Å²) in [5, 5.41) is 3.03. The van der Waals surface area contributed by atoms with Crippen LogP contribution in [-0.4, -0.2) is 44.7 Å². The molecule has 1 fully saturated rings. The normalized spacial score (nSPS) is 16.4. The Labute approximate surface area is 191 Å². The molecule has 0 spiro atoms. The zero-order valence-corrected chi connectivity index (χ0v) is 19.6. The number of piperidine rings is 1. The van der Waals surface area contributed by atoms with Crippen LogP contribution in [0.25, 0.3) is 0 Å². The van der Waals surface area contributed by atoms with Crippen molar-refractivity contribution in [1.29, 1.82) is 0 Å². The molecule has 0 radical (unpaired) electrons. The van der Waals surface area contributed by atoms with E-state index < -0.39 is 0 Å². The lowest BCUT2D eigenvalue weighted by atomic mass is 9.93. The highest BCUT2D eigenvalue weighted by Crippen LogP contribution is 2.25. The number of nitrogens with one attached hydrogen (secondary N) is 1. The largest absolute Gasteiger partial charge is 0.497 e. The minimum Gasteiger partial charge on any atom is -0.497 e. The number of hydrogen-bond acceptors (Lipinski definition) is 5. The van der Waals surface area contributed by atoms with Gasteiger partial charge in [0.2, 0.25) is 5.91 Å². The fourth-order valence-corrected chi connectivity index (χ4v) is 4.26. The second-order valence-electron chi connectivity index (χ2n) is 8.31. The van der Waals surface area contributed by atoms with Gasteiger partial charge >= 0.3 is 0 Å².